The Morgan fingerprint density at radius 3 is 2.04 bits per heavy atom. The Labute approximate surface area is 274 Å². The summed E-state index contributed by atoms with van der Waals surface area (Å²) in [4.78, 5) is 8.71. The molecule has 0 spiro atoms. The molecule has 0 amide bonds. The number of aliphatic hydroxyl groups is 1. The van der Waals surface area contributed by atoms with E-state index in [-0.39, 0.29) is 35.7 Å². The van der Waals surface area contributed by atoms with E-state index in [1.165, 1.54) is 12.8 Å². The molecule has 0 heterocycles. The quantitative estimate of drug-likeness (QED) is 0.0637. The van der Waals surface area contributed by atoms with Gasteiger partial charge < -0.3 is 19.3 Å². The van der Waals surface area contributed by atoms with Crippen molar-refractivity contribution in [3.05, 3.63) is 31.3 Å². The van der Waals surface area contributed by atoms with Gasteiger partial charge in [-0.3, -0.25) is 0 Å². The van der Waals surface area contributed by atoms with Crippen LogP contribution in [0.1, 0.15) is 97.8 Å². The number of azide groups is 3. The van der Waals surface area contributed by atoms with Gasteiger partial charge in [0.2, 0.25) is 0 Å². The molecule has 4 aliphatic rings. The van der Waals surface area contributed by atoms with Crippen molar-refractivity contribution < 1.29 is 19.3 Å². The van der Waals surface area contributed by atoms with Crippen LogP contribution < -0.4 is 0 Å². The van der Waals surface area contributed by atoms with Crippen molar-refractivity contribution >= 4 is 0 Å². The van der Waals surface area contributed by atoms with Crippen molar-refractivity contribution in [2.45, 2.75) is 116 Å². The van der Waals surface area contributed by atoms with Gasteiger partial charge in [-0.05, 0) is 135 Å². The zero-order valence-electron chi connectivity index (χ0n) is 28.3. The Morgan fingerprint density at radius 1 is 0.783 bits per heavy atom. The highest BCUT2D eigenvalue weighted by Crippen LogP contribution is 2.69. The summed E-state index contributed by atoms with van der Waals surface area (Å²) in [5, 5.41) is 20.8. The first kappa shape index (κ1) is 36.6. The Balaban J connectivity index is 1.61. The predicted octanol–water partition coefficient (Wildman–Crippen LogP) is 8.53. The minimum absolute atomic E-state index is 0.00331. The third-order valence-corrected chi connectivity index (χ3v) is 12.7. The zero-order valence-corrected chi connectivity index (χ0v) is 28.3. The van der Waals surface area contributed by atoms with Crippen LogP contribution in [0.5, 0.6) is 0 Å². The van der Waals surface area contributed by atoms with Gasteiger partial charge in [-0.2, -0.15) is 0 Å². The zero-order chi connectivity index (χ0) is 33.0. The topological polar surface area (TPSA) is 194 Å². The third-order valence-electron chi connectivity index (χ3n) is 12.7. The highest BCUT2D eigenvalue weighted by molar-refractivity contribution is 5.15. The summed E-state index contributed by atoms with van der Waals surface area (Å²) in [5.74, 6) is 2.86. The van der Waals surface area contributed by atoms with E-state index in [0.717, 1.165) is 64.2 Å². The average Bonchev–Trinajstić information content (AvgIpc) is 3.41. The van der Waals surface area contributed by atoms with E-state index in [2.05, 4.69) is 50.8 Å². The summed E-state index contributed by atoms with van der Waals surface area (Å²) in [7, 11) is 0. The van der Waals surface area contributed by atoms with E-state index >= 15 is 0 Å². The second kappa shape index (κ2) is 17.8. The van der Waals surface area contributed by atoms with Gasteiger partial charge in [0.25, 0.3) is 0 Å². The molecule has 13 heteroatoms. The van der Waals surface area contributed by atoms with Crippen LogP contribution in [-0.2, 0) is 14.2 Å². The monoisotopic (exact) mass is 643 g/mol. The Morgan fingerprint density at radius 2 is 1.41 bits per heavy atom. The van der Waals surface area contributed by atoms with Gasteiger partial charge in [-0.25, -0.2) is 0 Å². The van der Waals surface area contributed by atoms with Crippen LogP contribution in [-0.4, -0.2) is 69.5 Å². The molecule has 0 aromatic rings. The standard InChI is InChI=1S/C33H57N9O4/c1-23(8-4-16-43)26-9-10-27-31-28(22-30(33(26,27)3)46-19-7-15-39-42-36)32(2)12-11-25(44-17-5-13-37-40-34)20-24(32)21-29(31)45-18-6-14-38-41-35/h23-31,43H,4-22H2,1-3H3/t23-,24?,25-,26?,27?,28?,29-,30+,31?,32+,33-/m1/s1. The summed E-state index contributed by atoms with van der Waals surface area (Å²) < 4.78 is 20.1. The number of nitrogens with zero attached hydrogens (tertiary/aromatic N) is 9. The maximum absolute atomic E-state index is 9.63. The number of aliphatic hydroxyl groups excluding tert-OH is 1. The number of hydrogen-bond donors (Lipinski definition) is 1. The smallest absolute Gasteiger partial charge is 0.0637 e. The lowest BCUT2D eigenvalue weighted by atomic mass is 9.43. The molecule has 0 aromatic carbocycles. The molecular weight excluding hydrogens is 586 g/mol. The number of hydrogen-bond acceptors (Lipinski definition) is 7. The highest BCUT2D eigenvalue weighted by Gasteiger charge is 2.66. The van der Waals surface area contributed by atoms with E-state index in [1.54, 1.807) is 0 Å². The maximum atomic E-state index is 9.63. The van der Waals surface area contributed by atoms with Crippen molar-refractivity contribution in [1.82, 2.24) is 0 Å². The van der Waals surface area contributed by atoms with Crippen LogP contribution in [0.3, 0.4) is 0 Å². The van der Waals surface area contributed by atoms with E-state index in [9.17, 15) is 5.11 Å². The van der Waals surface area contributed by atoms with Crippen LogP contribution in [0.4, 0.5) is 0 Å². The molecule has 0 aromatic heterocycles. The average molecular weight is 644 g/mol. The molecular formula is C33H57N9O4. The van der Waals surface area contributed by atoms with Gasteiger partial charge in [0.05, 0.1) is 18.3 Å². The van der Waals surface area contributed by atoms with Gasteiger partial charge >= 0.3 is 0 Å². The Bertz CT molecular complexity index is 1110. The molecule has 5 unspecified atom stereocenters. The summed E-state index contributed by atoms with van der Waals surface area (Å²) in [6.45, 7) is 10.8. The molecule has 1 N–H and O–H groups in total. The second-order valence-corrected chi connectivity index (χ2v) is 14.8. The summed E-state index contributed by atoms with van der Waals surface area (Å²) >= 11 is 0. The van der Waals surface area contributed by atoms with Gasteiger partial charge in [-0.15, -0.1) is 0 Å². The lowest BCUT2D eigenvalue weighted by Crippen LogP contribution is -2.63. The first-order valence-electron chi connectivity index (χ1n) is 17.8. The normalized spacial score (nSPS) is 37.0. The maximum Gasteiger partial charge on any atom is 0.0637 e. The van der Waals surface area contributed by atoms with Gasteiger partial charge in [0.1, 0.15) is 0 Å². The van der Waals surface area contributed by atoms with Crippen molar-refractivity contribution in [1.29, 1.82) is 0 Å². The highest BCUT2D eigenvalue weighted by atomic mass is 16.5. The molecule has 0 aliphatic heterocycles. The molecule has 258 valence electrons. The molecule has 4 rings (SSSR count). The van der Waals surface area contributed by atoms with E-state index in [4.69, 9.17) is 30.8 Å². The van der Waals surface area contributed by atoms with E-state index < -0.39 is 0 Å². The summed E-state index contributed by atoms with van der Waals surface area (Å²) in [6, 6.07) is 0. The molecule has 4 fully saturated rings. The van der Waals surface area contributed by atoms with Crippen LogP contribution in [0.15, 0.2) is 15.3 Å². The number of rotatable bonds is 19. The Kier molecular flexibility index (Phi) is 14.2. The van der Waals surface area contributed by atoms with Gasteiger partial charge in [0.15, 0.2) is 0 Å². The van der Waals surface area contributed by atoms with Gasteiger partial charge in [-0.1, -0.05) is 36.1 Å². The second-order valence-electron chi connectivity index (χ2n) is 14.8. The first-order valence-corrected chi connectivity index (χ1v) is 17.8. The third kappa shape index (κ3) is 8.24. The molecule has 0 radical (unpaired) electrons. The lowest BCUT2D eigenvalue weighted by Gasteiger charge is -2.65. The molecule has 0 bridgehead atoms. The van der Waals surface area contributed by atoms with E-state index in [0.29, 0.717) is 75.0 Å². The van der Waals surface area contributed by atoms with Crippen LogP contribution >= 0.6 is 0 Å². The predicted molar refractivity (Wildman–Crippen MR) is 177 cm³/mol. The molecule has 4 aliphatic carbocycles. The van der Waals surface area contributed by atoms with Crippen molar-refractivity contribution in [3.8, 4) is 0 Å². The van der Waals surface area contributed by atoms with Crippen molar-refractivity contribution in [2.75, 3.05) is 46.1 Å². The minimum atomic E-state index is -0.00331. The largest absolute Gasteiger partial charge is 0.396 e. The fourth-order valence-electron chi connectivity index (χ4n) is 10.5. The SMILES string of the molecule is C[C@H](CCCO)C1CCC2C3C(C[C@H](OCCCN=[N+]=[N-])[C@@]21C)[C@@]1(C)CC[C@@H](OCCCN=[N+]=[N-])CC1C[C@H]3OCCCN=[N+]=[N-]. The minimum Gasteiger partial charge on any atom is -0.396 e. The molecule has 11 atom stereocenters. The molecule has 4 saturated carbocycles. The van der Waals surface area contributed by atoms with Crippen molar-refractivity contribution in [2.24, 2.45) is 61.7 Å². The molecule has 0 saturated heterocycles. The van der Waals surface area contributed by atoms with Crippen LogP contribution in [0.2, 0.25) is 0 Å². The summed E-state index contributed by atoms with van der Waals surface area (Å²) in [6.07, 6.45) is 12.0. The first-order chi connectivity index (χ1) is 22.3. The lowest BCUT2D eigenvalue weighted by molar-refractivity contribution is -0.227. The summed E-state index contributed by atoms with van der Waals surface area (Å²) in [5.41, 5.74) is 26.3. The molecule has 46 heavy (non-hydrogen) atoms. The fraction of sp³-hybridized carbons (Fsp3) is 1.00. The van der Waals surface area contributed by atoms with E-state index in [1.807, 2.05) is 0 Å². The molecule has 13 nitrogen and oxygen atoms in total. The Hall–Kier alpha value is -2.23. The number of ether oxygens (including phenoxy) is 3. The van der Waals surface area contributed by atoms with Crippen molar-refractivity contribution in [3.63, 3.8) is 0 Å². The fourth-order valence-corrected chi connectivity index (χ4v) is 10.5. The van der Waals surface area contributed by atoms with Crippen LogP contribution in [0, 0.1) is 46.3 Å². The number of fused-ring (bicyclic) bond motifs is 5. The van der Waals surface area contributed by atoms with Gasteiger partial charge in [0, 0.05) is 66.2 Å². The van der Waals surface area contributed by atoms with Crippen LogP contribution in [0.25, 0.3) is 31.3 Å².